The number of hydrogen-bond acceptors (Lipinski definition) is 7. The van der Waals surface area contributed by atoms with Crippen LogP contribution in [-0.2, 0) is 27.3 Å². The van der Waals surface area contributed by atoms with Crippen molar-refractivity contribution in [2.75, 3.05) is 39.5 Å². The van der Waals surface area contributed by atoms with Gasteiger partial charge in [0.05, 0.1) is 19.8 Å². The normalized spacial score (nSPS) is 16.5. The molecular weight excluding hydrogens is 475 g/mol. The summed E-state index contributed by atoms with van der Waals surface area (Å²) in [6.45, 7) is 10.4. The van der Waals surface area contributed by atoms with Crippen molar-refractivity contribution in [2.45, 2.75) is 40.0 Å². The number of carboxylic acids is 1. The van der Waals surface area contributed by atoms with Crippen molar-refractivity contribution >= 4 is 24.5 Å². The minimum atomic E-state index is -1.09. The van der Waals surface area contributed by atoms with Gasteiger partial charge in [0, 0.05) is 31.7 Å². The van der Waals surface area contributed by atoms with Crippen LogP contribution in [0, 0.1) is 12.8 Å². The molecule has 1 unspecified atom stereocenters. The Labute approximate surface area is 218 Å². The molecule has 2 aromatic rings. The molecule has 9 nitrogen and oxygen atoms in total. The Hall–Kier alpha value is -2.92. The number of carboxylic acid groups (broad SMARTS) is 1. The number of benzene rings is 2. The van der Waals surface area contributed by atoms with Crippen molar-refractivity contribution in [1.29, 1.82) is 0 Å². The van der Waals surface area contributed by atoms with Crippen LogP contribution in [0.4, 0.5) is 0 Å². The molecule has 4 rings (SSSR count). The maximum absolute atomic E-state index is 13.8. The molecule has 1 atom stereocenters. The summed E-state index contributed by atoms with van der Waals surface area (Å²) in [7, 11) is -1.09. The van der Waals surface area contributed by atoms with E-state index in [1.807, 2.05) is 24.3 Å². The van der Waals surface area contributed by atoms with Gasteiger partial charge in [0.15, 0.2) is 0 Å². The fourth-order valence-corrected chi connectivity index (χ4v) is 4.97. The van der Waals surface area contributed by atoms with E-state index >= 15 is 0 Å². The predicted octanol–water partition coefficient (Wildman–Crippen LogP) is 1.68. The fraction of sp³-hybridized carbons (Fsp3) is 0.481. The summed E-state index contributed by atoms with van der Waals surface area (Å²) >= 11 is 0. The average Bonchev–Trinajstić information content (AvgIpc) is 3.26. The summed E-state index contributed by atoms with van der Waals surface area (Å²) in [5.74, 6) is -1.05. The highest BCUT2D eigenvalue weighted by molar-refractivity contribution is 6.62. The molecule has 0 spiro atoms. The molecule has 10 heteroatoms. The van der Waals surface area contributed by atoms with Gasteiger partial charge in [-0.25, -0.2) is 4.79 Å². The summed E-state index contributed by atoms with van der Waals surface area (Å²) in [5.41, 5.74) is 3.17. The second-order valence-electron chi connectivity index (χ2n) is 9.88. The number of amides is 1. The number of aliphatic carboxylic acids is 1. The van der Waals surface area contributed by atoms with Crippen LogP contribution >= 0.6 is 0 Å². The van der Waals surface area contributed by atoms with E-state index < -0.39 is 25.0 Å². The molecule has 0 aliphatic carbocycles. The average molecular weight is 510 g/mol. The van der Waals surface area contributed by atoms with Gasteiger partial charge in [-0.3, -0.25) is 9.69 Å². The third kappa shape index (κ3) is 6.33. The van der Waals surface area contributed by atoms with E-state index in [9.17, 15) is 19.7 Å². The third-order valence-electron chi connectivity index (χ3n) is 7.02. The molecule has 1 amide bonds. The molecule has 0 saturated carbocycles. The SMILES string of the molecule is Cc1c(C(=O)N(Cc2ccc(OCCN3CCOCC3)cc2)C(C(=O)O)C(C)C)ccc2c1B(O)OC2. The maximum Gasteiger partial charge on any atom is 0.492 e. The first kappa shape index (κ1) is 27.1. The summed E-state index contributed by atoms with van der Waals surface area (Å²) in [5, 5.41) is 20.2. The molecule has 0 aromatic heterocycles. The molecule has 2 N–H and O–H groups in total. The lowest BCUT2D eigenvalue weighted by Gasteiger charge is -2.32. The highest BCUT2D eigenvalue weighted by Crippen LogP contribution is 2.23. The topological polar surface area (TPSA) is 109 Å². The van der Waals surface area contributed by atoms with E-state index in [0.29, 0.717) is 23.2 Å². The largest absolute Gasteiger partial charge is 0.492 e. The molecule has 1 saturated heterocycles. The minimum absolute atomic E-state index is 0.123. The van der Waals surface area contributed by atoms with Gasteiger partial charge in [0.2, 0.25) is 0 Å². The van der Waals surface area contributed by atoms with Gasteiger partial charge < -0.3 is 29.2 Å². The van der Waals surface area contributed by atoms with E-state index in [4.69, 9.17) is 14.1 Å². The maximum atomic E-state index is 13.8. The van der Waals surface area contributed by atoms with Gasteiger partial charge in [-0.05, 0) is 53.2 Å². The van der Waals surface area contributed by atoms with Crippen molar-refractivity contribution in [3.8, 4) is 5.75 Å². The lowest BCUT2D eigenvalue weighted by molar-refractivity contribution is -0.144. The van der Waals surface area contributed by atoms with Crippen LogP contribution in [0.5, 0.6) is 5.75 Å². The third-order valence-corrected chi connectivity index (χ3v) is 7.02. The van der Waals surface area contributed by atoms with Crippen LogP contribution in [0.25, 0.3) is 0 Å². The van der Waals surface area contributed by atoms with E-state index in [-0.39, 0.29) is 19.1 Å². The quantitative estimate of drug-likeness (QED) is 0.465. The summed E-state index contributed by atoms with van der Waals surface area (Å²) in [4.78, 5) is 29.7. The van der Waals surface area contributed by atoms with E-state index in [1.54, 1.807) is 32.9 Å². The van der Waals surface area contributed by atoms with Crippen LogP contribution in [0.15, 0.2) is 36.4 Å². The van der Waals surface area contributed by atoms with Crippen molar-refractivity contribution in [1.82, 2.24) is 9.80 Å². The Kier molecular flexibility index (Phi) is 8.86. The highest BCUT2D eigenvalue weighted by atomic mass is 16.5. The molecule has 37 heavy (non-hydrogen) atoms. The lowest BCUT2D eigenvalue weighted by atomic mass is 9.75. The van der Waals surface area contributed by atoms with Gasteiger partial charge >= 0.3 is 13.1 Å². The van der Waals surface area contributed by atoms with Gasteiger partial charge in [0.25, 0.3) is 5.91 Å². The van der Waals surface area contributed by atoms with Crippen LogP contribution in [0.2, 0.25) is 0 Å². The second kappa shape index (κ2) is 12.1. The Bertz CT molecular complexity index is 1100. The number of morpholine rings is 1. The zero-order valence-corrected chi connectivity index (χ0v) is 21.7. The first-order chi connectivity index (χ1) is 17.8. The Morgan fingerprint density at radius 3 is 2.49 bits per heavy atom. The summed E-state index contributed by atoms with van der Waals surface area (Å²) < 4.78 is 16.6. The van der Waals surface area contributed by atoms with Gasteiger partial charge in [-0.2, -0.15) is 0 Å². The number of hydrogen-bond donors (Lipinski definition) is 2. The molecule has 2 heterocycles. The van der Waals surface area contributed by atoms with E-state index in [1.165, 1.54) is 4.90 Å². The van der Waals surface area contributed by atoms with Crippen molar-refractivity contribution < 1.29 is 33.8 Å². The van der Waals surface area contributed by atoms with E-state index in [0.717, 1.165) is 49.7 Å². The first-order valence-electron chi connectivity index (χ1n) is 12.7. The smallest absolute Gasteiger partial charge is 0.492 e. The van der Waals surface area contributed by atoms with Gasteiger partial charge in [0.1, 0.15) is 18.4 Å². The van der Waals surface area contributed by atoms with Crippen LogP contribution < -0.4 is 10.2 Å². The number of carbonyl (C=O) groups excluding carboxylic acids is 1. The Morgan fingerprint density at radius 1 is 1.14 bits per heavy atom. The van der Waals surface area contributed by atoms with Crippen molar-refractivity contribution in [3.63, 3.8) is 0 Å². The summed E-state index contributed by atoms with van der Waals surface area (Å²) in [6.07, 6.45) is 0. The monoisotopic (exact) mass is 510 g/mol. The fourth-order valence-electron chi connectivity index (χ4n) is 4.97. The molecule has 0 radical (unpaired) electrons. The lowest BCUT2D eigenvalue weighted by Crippen LogP contribution is -2.48. The van der Waals surface area contributed by atoms with Gasteiger partial charge in [-0.1, -0.05) is 32.0 Å². The number of ether oxygens (including phenoxy) is 2. The summed E-state index contributed by atoms with van der Waals surface area (Å²) in [6, 6.07) is 9.83. The first-order valence-corrected chi connectivity index (χ1v) is 12.7. The number of rotatable bonds is 10. The standard InChI is InChI=1S/C27H35BN2O7/c1-18(2)25(27(32)33)30(26(31)23-9-6-21-17-37-28(34)24(21)19(23)3)16-20-4-7-22(8-5-20)36-15-12-29-10-13-35-14-11-29/h4-9,18,25,34H,10-17H2,1-3H3,(H,32,33). The van der Waals surface area contributed by atoms with Crippen LogP contribution in [0.3, 0.4) is 0 Å². The zero-order chi connectivity index (χ0) is 26.5. The van der Waals surface area contributed by atoms with Crippen LogP contribution in [0.1, 0.15) is 40.9 Å². The van der Waals surface area contributed by atoms with Crippen molar-refractivity contribution in [2.24, 2.45) is 5.92 Å². The Morgan fingerprint density at radius 2 is 1.84 bits per heavy atom. The number of nitrogens with zero attached hydrogens (tertiary/aromatic N) is 2. The molecule has 2 aliphatic heterocycles. The second-order valence-corrected chi connectivity index (χ2v) is 9.88. The molecule has 1 fully saturated rings. The molecule has 2 aromatic carbocycles. The van der Waals surface area contributed by atoms with Crippen LogP contribution in [-0.4, -0.2) is 84.4 Å². The highest BCUT2D eigenvalue weighted by Gasteiger charge is 2.36. The molecule has 2 aliphatic rings. The van der Waals surface area contributed by atoms with Gasteiger partial charge in [-0.15, -0.1) is 0 Å². The number of carbonyl (C=O) groups is 2. The van der Waals surface area contributed by atoms with Crippen molar-refractivity contribution in [3.05, 3.63) is 58.7 Å². The minimum Gasteiger partial charge on any atom is -0.492 e. The number of fused-ring (bicyclic) bond motifs is 1. The molecule has 198 valence electrons. The molecular formula is C27H35BN2O7. The van der Waals surface area contributed by atoms with E-state index in [2.05, 4.69) is 4.90 Å². The predicted molar refractivity (Wildman–Crippen MR) is 139 cm³/mol. The Balaban J connectivity index is 1.50. The molecule has 0 bridgehead atoms. The zero-order valence-electron chi connectivity index (χ0n) is 21.7.